The number of aryl methyl sites for hydroxylation is 1. The van der Waals surface area contributed by atoms with Crippen LogP contribution in [-0.2, 0) is 19.1 Å². The summed E-state index contributed by atoms with van der Waals surface area (Å²) < 4.78 is 21.8. The number of hydrogen-bond acceptors (Lipinski definition) is 10. The number of rotatable bonds is 11. The highest BCUT2D eigenvalue weighted by Gasteiger charge is 2.38. The first-order valence-electron chi connectivity index (χ1n) is 18.5. The molecule has 1 aliphatic heterocycles. The van der Waals surface area contributed by atoms with Crippen molar-refractivity contribution in [2.75, 3.05) is 38.8 Å². The van der Waals surface area contributed by atoms with Crippen molar-refractivity contribution >= 4 is 23.8 Å². The molecule has 7 rings (SSSR count). The molecule has 4 aliphatic rings. The maximum atomic E-state index is 14.4. The van der Waals surface area contributed by atoms with Gasteiger partial charge in [0.05, 0.1) is 26.3 Å². The highest BCUT2D eigenvalue weighted by Crippen LogP contribution is 2.41. The molecule has 3 aliphatic carbocycles. The van der Waals surface area contributed by atoms with Crippen LogP contribution in [0.4, 0.5) is 10.6 Å². The third-order valence-corrected chi connectivity index (χ3v) is 11.2. The Morgan fingerprint density at radius 1 is 0.902 bits per heavy atom. The lowest BCUT2D eigenvalue weighted by molar-refractivity contribution is -0.143. The van der Waals surface area contributed by atoms with E-state index in [-0.39, 0.29) is 35.9 Å². The summed E-state index contributed by atoms with van der Waals surface area (Å²) in [5.74, 6) is 3.09. The van der Waals surface area contributed by atoms with Gasteiger partial charge in [-0.25, -0.2) is 14.8 Å². The van der Waals surface area contributed by atoms with Gasteiger partial charge in [0.15, 0.2) is 5.89 Å². The molecule has 272 valence electrons. The maximum absolute atomic E-state index is 14.4. The minimum absolute atomic E-state index is 0.0752. The molecule has 0 bridgehead atoms. The third kappa shape index (κ3) is 8.20. The van der Waals surface area contributed by atoms with E-state index in [1.807, 2.05) is 30.0 Å². The quantitative estimate of drug-likeness (QED) is 0.196. The number of oxazole rings is 1. The van der Waals surface area contributed by atoms with Gasteiger partial charge in [0.25, 0.3) is 0 Å². The molecule has 0 spiro atoms. The number of carbonyl (C=O) groups excluding carboxylic acids is 3. The van der Waals surface area contributed by atoms with Crippen molar-refractivity contribution in [3.8, 4) is 17.0 Å². The Kier molecular flexibility index (Phi) is 10.6. The second-order valence-electron chi connectivity index (χ2n) is 14.8. The predicted octanol–water partition coefficient (Wildman–Crippen LogP) is 6.82. The molecule has 3 saturated carbocycles. The lowest BCUT2D eigenvalue weighted by Gasteiger charge is -2.39. The van der Waals surface area contributed by atoms with Gasteiger partial charge in [0, 0.05) is 60.8 Å². The highest BCUT2D eigenvalue weighted by atomic mass is 16.6. The van der Waals surface area contributed by atoms with Gasteiger partial charge in [-0.15, -0.1) is 0 Å². The lowest BCUT2D eigenvalue weighted by Crippen LogP contribution is -2.51. The standard InChI is InChI=1S/C39H49N5O7/c1-24-34(48-2)15-14-32(41-24)27-6-4-25(5-7-27)22-44(35-19-30(16-17-40-35)33-23-50-37(42-33)28-8-9-28)38(46)29-10-12-31(13-11-29)51-39(47)43-20-26(21-43)18-36(45)49-3/h14-17,19,23,25-29,31H,4-13,18,20-22H2,1-3H3/t25-,27-,29-,31-. The molecule has 12 nitrogen and oxygen atoms in total. The smallest absolute Gasteiger partial charge is 0.410 e. The van der Waals surface area contributed by atoms with Crippen LogP contribution in [0, 0.1) is 24.7 Å². The van der Waals surface area contributed by atoms with E-state index in [9.17, 15) is 14.4 Å². The maximum Gasteiger partial charge on any atom is 0.410 e. The summed E-state index contributed by atoms with van der Waals surface area (Å²) in [4.78, 5) is 56.6. The van der Waals surface area contributed by atoms with E-state index in [1.165, 1.54) is 7.11 Å². The number of hydrogen-bond donors (Lipinski definition) is 0. The summed E-state index contributed by atoms with van der Waals surface area (Å²) in [6.07, 6.45) is 12.0. The Balaban J connectivity index is 0.999. The Hall–Kier alpha value is -4.48. The molecule has 0 N–H and O–H groups in total. The van der Waals surface area contributed by atoms with Crippen LogP contribution in [0.5, 0.6) is 5.75 Å². The summed E-state index contributed by atoms with van der Waals surface area (Å²) in [5, 5.41) is 0. The fraction of sp³-hybridized carbons (Fsp3) is 0.590. The number of methoxy groups -OCH3 is 2. The molecule has 3 aromatic heterocycles. The second-order valence-corrected chi connectivity index (χ2v) is 14.8. The van der Waals surface area contributed by atoms with Gasteiger partial charge < -0.3 is 23.5 Å². The zero-order valence-electron chi connectivity index (χ0n) is 29.9. The van der Waals surface area contributed by atoms with Crippen LogP contribution in [0.1, 0.15) is 99.7 Å². The van der Waals surface area contributed by atoms with Crippen LogP contribution in [0.3, 0.4) is 0 Å². The van der Waals surface area contributed by atoms with Crippen molar-refractivity contribution in [3.63, 3.8) is 0 Å². The van der Waals surface area contributed by atoms with E-state index >= 15 is 0 Å². The molecule has 4 heterocycles. The first kappa shape index (κ1) is 34.9. The first-order valence-corrected chi connectivity index (χ1v) is 18.5. The molecule has 2 amide bonds. The number of carbonyl (C=O) groups is 3. The predicted molar refractivity (Wildman–Crippen MR) is 188 cm³/mol. The summed E-state index contributed by atoms with van der Waals surface area (Å²) in [6, 6.07) is 7.98. The van der Waals surface area contributed by atoms with Crippen LogP contribution in [0.15, 0.2) is 41.1 Å². The van der Waals surface area contributed by atoms with Gasteiger partial charge in [-0.1, -0.05) is 0 Å². The number of nitrogens with zero attached hydrogens (tertiary/aromatic N) is 5. The van der Waals surface area contributed by atoms with E-state index in [0.717, 1.165) is 72.8 Å². The Morgan fingerprint density at radius 2 is 1.65 bits per heavy atom. The number of esters is 1. The summed E-state index contributed by atoms with van der Waals surface area (Å²) >= 11 is 0. The van der Waals surface area contributed by atoms with E-state index in [4.69, 9.17) is 33.6 Å². The monoisotopic (exact) mass is 699 g/mol. The van der Waals surface area contributed by atoms with Crippen molar-refractivity contribution in [2.45, 2.75) is 95.5 Å². The van der Waals surface area contributed by atoms with Crippen molar-refractivity contribution in [3.05, 3.63) is 54.0 Å². The Labute approximate surface area is 299 Å². The zero-order valence-corrected chi connectivity index (χ0v) is 29.9. The largest absolute Gasteiger partial charge is 0.495 e. The summed E-state index contributed by atoms with van der Waals surface area (Å²) in [7, 11) is 3.04. The van der Waals surface area contributed by atoms with E-state index < -0.39 is 0 Å². The van der Waals surface area contributed by atoms with Gasteiger partial charge in [0.1, 0.15) is 29.6 Å². The van der Waals surface area contributed by atoms with Crippen LogP contribution < -0.4 is 9.64 Å². The molecular formula is C39H49N5O7. The normalized spacial score (nSPS) is 23.6. The van der Waals surface area contributed by atoms with Gasteiger partial charge in [-0.05, 0) is 101 Å². The Bertz CT molecular complexity index is 1700. The average molecular weight is 700 g/mol. The van der Waals surface area contributed by atoms with Gasteiger partial charge in [0.2, 0.25) is 5.91 Å². The fourth-order valence-corrected chi connectivity index (χ4v) is 7.90. The van der Waals surface area contributed by atoms with E-state index in [1.54, 1.807) is 24.5 Å². The number of likely N-dealkylation sites (tertiary alicyclic amines) is 1. The average Bonchev–Trinajstić information content (AvgIpc) is 3.87. The molecule has 0 radical (unpaired) electrons. The molecule has 0 aromatic carbocycles. The van der Waals surface area contributed by atoms with E-state index in [0.29, 0.717) is 75.3 Å². The summed E-state index contributed by atoms with van der Waals surface area (Å²) in [5.41, 5.74) is 3.66. The molecule has 1 saturated heterocycles. The molecule has 0 atom stereocenters. The number of ether oxygens (including phenoxy) is 3. The number of pyridine rings is 2. The first-order chi connectivity index (χ1) is 24.8. The van der Waals surface area contributed by atoms with E-state index in [2.05, 4.69) is 6.07 Å². The van der Waals surface area contributed by atoms with Crippen molar-refractivity contribution in [1.82, 2.24) is 19.9 Å². The second kappa shape index (κ2) is 15.4. The van der Waals surface area contributed by atoms with Crippen molar-refractivity contribution in [1.29, 1.82) is 0 Å². The molecule has 12 heteroatoms. The third-order valence-electron chi connectivity index (χ3n) is 11.2. The SMILES string of the molecule is COC(=O)CC1CN(C(=O)O[C@H]2CC[C@H](C(=O)N(C[C@H]3CC[C@H](c4ccc(OC)c(C)n4)CC3)c3cc(-c4coc(C5CC5)n4)ccn3)CC2)C1. The summed E-state index contributed by atoms with van der Waals surface area (Å²) in [6.45, 7) is 3.58. The highest BCUT2D eigenvalue weighted by molar-refractivity contribution is 5.94. The fourth-order valence-electron chi connectivity index (χ4n) is 7.90. The number of amides is 2. The number of aromatic nitrogens is 3. The van der Waals surface area contributed by atoms with Crippen LogP contribution in [0.2, 0.25) is 0 Å². The Morgan fingerprint density at radius 3 is 2.33 bits per heavy atom. The zero-order chi connectivity index (χ0) is 35.5. The van der Waals surface area contributed by atoms with Gasteiger partial charge >= 0.3 is 12.1 Å². The minimum atomic E-state index is -0.346. The van der Waals surface area contributed by atoms with Crippen LogP contribution in [-0.4, -0.2) is 77.8 Å². The molecule has 0 unspecified atom stereocenters. The topological polar surface area (TPSA) is 137 Å². The van der Waals surface area contributed by atoms with Crippen LogP contribution >= 0.6 is 0 Å². The molecular weight excluding hydrogens is 650 g/mol. The van der Waals surface area contributed by atoms with Gasteiger partial charge in [-0.3, -0.25) is 19.5 Å². The molecule has 51 heavy (non-hydrogen) atoms. The molecule has 3 aromatic rings. The van der Waals surface area contributed by atoms with Crippen molar-refractivity contribution in [2.24, 2.45) is 17.8 Å². The lowest BCUT2D eigenvalue weighted by atomic mass is 9.79. The minimum Gasteiger partial charge on any atom is -0.495 e. The van der Waals surface area contributed by atoms with Crippen LogP contribution in [0.25, 0.3) is 11.3 Å². The van der Waals surface area contributed by atoms with Gasteiger partial charge in [-0.2, -0.15) is 0 Å². The van der Waals surface area contributed by atoms with Crippen molar-refractivity contribution < 1.29 is 33.0 Å². The number of anilines is 1. The molecule has 4 fully saturated rings.